The third-order valence-corrected chi connectivity index (χ3v) is 4.71. The number of nitrogens with one attached hydrogen (secondary N) is 1. The summed E-state index contributed by atoms with van der Waals surface area (Å²) in [6.45, 7) is 5.47. The van der Waals surface area contributed by atoms with Crippen molar-refractivity contribution in [1.29, 1.82) is 0 Å². The number of hydrogen-bond donors (Lipinski definition) is 2. The summed E-state index contributed by atoms with van der Waals surface area (Å²) in [7, 11) is 0. The fraction of sp³-hybridized carbons (Fsp3) is 0.259. The molecule has 0 spiro atoms. The van der Waals surface area contributed by atoms with E-state index in [1.54, 1.807) is 63.2 Å². The summed E-state index contributed by atoms with van der Waals surface area (Å²) in [6.07, 6.45) is -0.980. The zero-order valence-electron chi connectivity index (χ0n) is 19.8. The Kier molecular flexibility index (Phi) is 8.30. The molecule has 0 heterocycles. The van der Waals surface area contributed by atoms with Crippen LogP contribution >= 0.6 is 0 Å². The van der Waals surface area contributed by atoms with Crippen molar-refractivity contribution in [3.63, 3.8) is 0 Å². The molecule has 184 valence electrons. The molecule has 1 unspecified atom stereocenters. The van der Waals surface area contributed by atoms with Gasteiger partial charge >= 0.3 is 12.1 Å². The number of aliphatic carboxylic acids is 1. The molecular weight excluding hydrogens is 453 g/mol. The molecule has 8 heteroatoms. The van der Waals surface area contributed by atoms with E-state index in [1.807, 2.05) is 18.2 Å². The van der Waals surface area contributed by atoms with Crippen molar-refractivity contribution in [3.05, 3.63) is 89.7 Å². The van der Waals surface area contributed by atoms with Gasteiger partial charge in [0, 0.05) is 0 Å². The Bertz CT molecular complexity index is 1140. The van der Waals surface area contributed by atoms with Crippen LogP contribution in [0.1, 0.15) is 44.4 Å². The van der Waals surface area contributed by atoms with E-state index >= 15 is 0 Å². The number of amides is 1. The lowest BCUT2D eigenvalue weighted by atomic mass is 10.0. The lowest BCUT2D eigenvalue weighted by molar-refractivity contribution is -0.137. The first-order valence-electron chi connectivity index (χ1n) is 11.0. The van der Waals surface area contributed by atoms with Crippen molar-refractivity contribution in [2.75, 3.05) is 0 Å². The van der Waals surface area contributed by atoms with Crippen LogP contribution in [0.4, 0.5) is 9.18 Å². The molecule has 0 fully saturated rings. The van der Waals surface area contributed by atoms with Crippen LogP contribution < -0.4 is 14.8 Å². The van der Waals surface area contributed by atoms with Gasteiger partial charge in [0.15, 0.2) is 0 Å². The first kappa shape index (κ1) is 25.6. The first-order valence-corrected chi connectivity index (χ1v) is 11.0. The number of ether oxygens (including phenoxy) is 3. The van der Waals surface area contributed by atoms with Crippen LogP contribution in [-0.2, 0) is 16.1 Å². The second-order valence-electron chi connectivity index (χ2n) is 8.86. The predicted molar refractivity (Wildman–Crippen MR) is 128 cm³/mol. The SMILES string of the molecule is CC(C)(C)OC(=O)NC(CC(=O)O)c1ccc(OCc2cccc(Oc3ccc(F)cc3)c2)cc1. The topological polar surface area (TPSA) is 94.1 Å². The smallest absolute Gasteiger partial charge is 0.408 e. The molecule has 0 saturated heterocycles. The lowest BCUT2D eigenvalue weighted by Gasteiger charge is -2.23. The Morgan fingerprint density at radius 1 is 0.943 bits per heavy atom. The molecule has 0 aromatic heterocycles. The molecule has 3 rings (SSSR count). The van der Waals surface area contributed by atoms with Crippen LogP contribution in [0.2, 0.25) is 0 Å². The van der Waals surface area contributed by atoms with Crippen LogP contribution in [0.15, 0.2) is 72.8 Å². The molecule has 3 aromatic rings. The molecule has 1 amide bonds. The molecule has 35 heavy (non-hydrogen) atoms. The first-order chi connectivity index (χ1) is 16.6. The fourth-order valence-corrected chi connectivity index (χ4v) is 3.18. The second-order valence-corrected chi connectivity index (χ2v) is 8.86. The van der Waals surface area contributed by atoms with Crippen LogP contribution in [0.5, 0.6) is 17.2 Å². The zero-order valence-corrected chi connectivity index (χ0v) is 19.8. The quantitative estimate of drug-likeness (QED) is 0.376. The average molecular weight is 482 g/mol. The van der Waals surface area contributed by atoms with Crippen LogP contribution in [-0.4, -0.2) is 22.8 Å². The molecule has 7 nitrogen and oxygen atoms in total. The average Bonchev–Trinajstić information content (AvgIpc) is 2.78. The molecule has 0 aliphatic carbocycles. The van der Waals surface area contributed by atoms with Crippen LogP contribution in [0, 0.1) is 5.82 Å². The molecular formula is C27H28FNO6. The summed E-state index contributed by atoms with van der Waals surface area (Å²) in [6, 6.07) is 19.2. The zero-order chi connectivity index (χ0) is 25.4. The van der Waals surface area contributed by atoms with Crippen molar-refractivity contribution in [2.45, 2.75) is 45.4 Å². The van der Waals surface area contributed by atoms with Gasteiger partial charge in [0.25, 0.3) is 0 Å². The van der Waals surface area contributed by atoms with Gasteiger partial charge < -0.3 is 24.6 Å². The van der Waals surface area contributed by atoms with Gasteiger partial charge in [-0.1, -0.05) is 24.3 Å². The number of carbonyl (C=O) groups excluding carboxylic acids is 1. The van der Waals surface area contributed by atoms with Gasteiger partial charge in [-0.15, -0.1) is 0 Å². The molecule has 1 atom stereocenters. The Labute approximate surface area is 203 Å². The van der Waals surface area contributed by atoms with E-state index in [0.717, 1.165) is 5.56 Å². The third-order valence-electron chi connectivity index (χ3n) is 4.71. The summed E-state index contributed by atoms with van der Waals surface area (Å²) in [4.78, 5) is 23.4. The number of carboxylic acid groups (broad SMARTS) is 1. The number of rotatable bonds is 9. The Morgan fingerprint density at radius 2 is 1.60 bits per heavy atom. The van der Waals surface area contributed by atoms with Gasteiger partial charge in [0.05, 0.1) is 12.5 Å². The minimum Gasteiger partial charge on any atom is -0.489 e. The molecule has 2 N–H and O–H groups in total. The normalized spacial score (nSPS) is 11.9. The Balaban J connectivity index is 1.61. The Morgan fingerprint density at radius 3 is 2.23 bits per heavy atom. The third kappa shape index (κ3) is 8.66. The number of benzene rings is 3. The van der Waals surface area contributed by atoms with E-state index in [9.17, 15) is 19.1 Å². The minimum atomic E-state index is -1.05. The number of carbonyl (C=O) groups is 2. The summed E-state index contributed by atoms with van der Waals surface area (Å²) in [5.74, 6) is 0.313. The summed E-state index contributed by atoms with van der Waals surface area (Å²) < 4.78 is 29.9. The largest absolute Gasteiger partial charge is 0.489 e. The highest BCUT2D eigenvalue weighted by Crippen LogP contribution is 2.25. The molecule has 0 radical (unpaired) electrons. The summed E-state index contributed by atoms with van der Waals surface area (Å²) in [5.41, 5.74) is 0.779. The number of carboxylic acids is 1. The van der Waals surface area contributed by atoms with E-state index < -0.39 is 23.7 Å². The molecule has 3 aromatic carbocycles. The number of alkyl carbamates (subject to hydrolysis) is 1. The lowest BCUT2D eigenvalue weighted by Crippen LogP contribution is -2.35. The van der Waals surface area contributed by atoms with E-state index in [0.29, 0.717) is 22.8 Å². The van der Waals surface area contributed by atoms with Crippen molar-refractivity contribution in [2.24, 2.45) is 0 Å². The van der Waals surface area contributed by atoms with Gasteiger partial charge in [0.2, 0.25) is 0 Å². The van der Waals surface area contributed by atoms with E-state index in [1.165, 1.54) is 12.1 Å². The van der Waals surface area contributed by atoms with Gasteiger partial charge in [-0.05, 0) is 80.4 Å². The summed E-state index contributed by atoms with van der Waals surface area (Å²) in [5, 5.41) is 11.8. The van der Waals surface area contributed by atoms with Gasteiger partial charge in [-0.3, -0.25) is 4.79 Å². The molecule has 0 aliphatic heterocycles. The van der Waals surface area contributed by atoms with Crippen molar-refractivity contribution >= 4 is 12.1 Å². The standard InChI is InChI=1S/C27H28FNO6/c1-27(2,3)35-26(32)29-24(16-25(30)31)19-7-11-21(12-8-19)33-17-18-5-4-6-23(15-18)34-22-13-9-20(28)10-14-22/h4-15,24H,16-17H2,1-3H3,(H,29,32)(H,30,31). The maximum atomic E-state index is 13.1. The van der Waals surface area contributed by atoms with Gasteiger partial charge in [-0.25, -0.2) is 9.18 Å². The highest BCUT2D eigenvalue weighted by atomic mass is 19.1. The van der Waals surface area contributed by atoms with E-state index in [4.69, 9.17) is 14.2 Å². The van der Waals surface area contributed by atoms with E-state index in [-0.39, 0.29) is 18.8 Å². The number of hydrogen-bond acceptors (Lipinski definition) is 5. The maximum absolute atomic E-state index is 13.1. The number of halogens is 1. The van der Waals surface area contributed by atoms with Crippen molar-refractivity contribution in [1.82, 2.24) is 5.32 Å². The minimum absolute atomic E-state index is 0.272. The van der Waals surface area contributed by atoms with Crippen LogP contribution in [0.25, 0.3) is 0 Å². The summed E-state index contributed by atoms with van der Waals surface area (Å²) >= 11 is 0. The maximum Gasteiger partial charge on any atom is 0.408 e. The van der Waals surface area contributed by atoms with Crippen LogP contribution in [0.3, 0.4) is 0 Å². The predicted octanol–water partition coefficient (Wildman–Crippen LogP) is 6.24. The van der Waals surface area contributed by atoms with Crippen molar-refractivity contribution < 1.29 is 33.3 Å². The highest BCUT2D eigenvalue weighted by Gasteiger charge is 2.22. The highest BCUT2D eigenvalue weighted by molar-refractivity contribution is 5.72. The second kappa shape index (κ2) is 11.4. The van der Waals surface area contributed by atoms with E-state index in [2.05, 4.69) is 5.32 Å². The molecule has 0 aliphatic rings. The Hall–Kier alpha value is -4.07. The molecule has 0 bridgehead atoms. The van der Waals surface area contributed by atoms with Gasteiger partial charge in [0.1, 0.15) is 35.3 Å². The fourth-order valence-electron chi connectivity index (χ4n) is 3.18. The monoisotopic (exact) mass is 481 g/mol. The van der Waals surface area contributed by atoms with Crippen molar-refractivity contribution in [3.8, 4) is 17.2 Å². The molecule has 0 saturated carbocycles. The van der Waals surface area contributed by atoms with Gasteiger partial charge in [-0.2, -0.15) is 0 Å².